The summed E-state index contributed by atoms with van der Waals surface area (Å²) < 4.78 is 0. The second-order valence-electron chi connectivity index (χ2n) is 4.21. The number of aliphatic carboxylic acids is 1. The molecule has 5 heteroatoms. The number of carbonyl (C=O) groups is 1. The van der Waals surface area contributed by atoms with Crippen molar-refractivity contribution in [1.29, 1.82) is 0 Å². The van der Waals surface area contributed by atoms with Crippen LogP contribution in [0.1, 0.15) is 36.8 Å². The molecule has 0 aliphatic heterocycles. The summed E-state index contributed by atoms with van der Waals surface area (Å²) in [4.78, 5) is 11.0. The Hall–Kier alpha value is -1.26. The summed E-state index contributed by atoms with van der Waals surface area (Å²) in [5.74, 6) is -1.98. The SMILES string of the molecule is CC(C)c1cc(Cl)cc(C(CN)C(=O)O)c1O. The van der Waals surface area contributed by atoms with Gasteiger partial charge in [-0.25, -0.2) is 0 Å². The van der Waals surface area contributed by atoms with Crippen molar-refractivity contribution >= 4 is 17.6 Å². The van der Waals surface area contributed by atoms with Crippen LogP contribution >= 0.6 is 11.6 Å². The second kappa shape index (κ2) is 5.38. The highest BCUT2D eigenvalue weighted by Gasteiger charge is 2.24. The number of benzene rings is 1. The van der Waals surface area contributed by atoms with Crippen LogP contribution in [0.3, 0.4) is 0 Å². The van der Waals surface area contributed by atoms with Gasteiger partial charge in [-0.1, -0.05) is 25.4 Å². The number of aromatic hydroxyl groups is 1. The van der Waals surface area contributed by atoms with E-state index in [2.05, 4.69) is 0 Å². The highest BCUT2D eigenvalue weighted by Crippen LogP contribution is 2.36. The lowest BCUT2D eigenvalue weighted by molar-refractivity contribution is -0.138. The fraction of sp³-hybridized carbons (Fsp3) is 0.417. The molecule has 0 aliphatic rings. The molecule has 0 fully saturated rings. The molecule has 0 aromatic heterocycles. The van der Waals surface area contributed by atoms with Gasteiger partial charge in [0.2, 0.25) is 0 Å². The molecule has 94 valence electrons. The van der Waals surface area contributed by atoms with Crippen molar-refractivity contribution in [2.75, 3.05) is 6.54 Å². The van der Waals surface area contributed by atoms with Gasteiger partial charge < -0.3 is 15.9 Å². The van der Waals surface area contributed by atoms with Gasteiger partial charge >= 0.3 is 5.97 Å². The summed E-state index contributed by atoms with van der Waals surface area (Å²) >= 11 is 5.93. The van der Waals surface area contributed by atoms with E-state index in [0.29, 0.717) is 10.6 Å². The predicted molar refractivity (Wildman–Crippen MR) is 66.6 cm³/mol. The fourth-order valence-electron chi connectivity index (χ4n) is 1.71. The van der Waals surface area contributed by atoms with Crippen LogP contribution in [-0.2, 0) is 4.79 Å². The van der Waals surface area contributed by atoms with E-state index in [9.17, 15) is 9.90 Å². The normalized spacial score (nSPS) is 12.8. The van der Waals surface area contributed by atoms with E-state index in [1.165, 1.54) is 6.07 Å². The minimum absolute atomic E-state index is 0.0257. The smallest absolute Gasteiger partial charge is 0.312 e. The third-order valence-corrected chi connectivity index (χ3v) is 2.88. The van der Waals surface area contributed by atoms with Crippen LogP contribution in [0.25, 0.3) is 0 Å². The van der Waals surface area contributed by atoms with Crippen LogP contribution in [-0.4, -0.2) is 22.7 Å². The van der Waals surface area contributed by atoms with Crippen LogP contribution in [0, 0.1) is 0 Å². The largest absolute Gasteiger partial charge is 0.507 e. The number of hydrogen-bond donors (Lipinski definition) is 3. The van der Waals surface area contributed by atoms with Gasteiger partial charge in [0.05, 0.1) is 5.92 Å². The molecule has 4 N–H and O–H groups in total. The lowest BCUT2D eigenvalue weighted by Gasteiger charge is -2.17. The molecular weight excluding hydrogens is 242 g/mol. The number of halogens is 1. The van der Waals surface area contributed by atoms with Gasteiger partial charge in [0.15, 0.2) is 0 Å². The molecule has 1 rings (SSSR count). The number of phenols is 1. The minimum Gasteiger partial charge on any atom is -0.507 e. The zero-order chi connectivity index (χ0) is 13.2. The predicted octanol–water partition coefficient (Wildman–Crippen LogP) is 2.30. The number of rotatable bonds is 4. The standard InChI is InChI=1S/C12H16ClNO3/c1-6(2)8-3-7(13)4-9(11(8)15)10(5-14)12(16)17/h3-4,6,10,15H,5,14H2,1-2H3,(H,16,17). The number of carboxylic acid groups (broad SMARTS) is 1. The van der Waals surface area contributed by atoms with Gasteiger partial charge in [0, 0.05) is 17.1 Å². The first-order chi connectivity index (χ1) is 7.88. The van der Waals surface area contributed by atoms with Crippen molar-refractivity contribution in [1.82, 2.24) is 0 Å². The Morgan fingerprint density at radius 2 is 1.94 bits per heavy atom. The average Bonchev–Trinajstić information content (AvgIpc) is 2.22. The molecule has 1 unspecified atom stereocenters. The van der Waals surface area contributed by atoms with Crippen LogP contribution in [0.5, 0.6) is 5.75 Å². The van der Waals surface area contributed by atoms with Crippen molar-refractivity contribution in [3.05, 3.63) is 28.3 Å². The third-order valence-electron chi connectivity index (χ3n) is 2.66. The molecule has 0 saturated heterocycles. The summed E-state index contributed by atoms with van der Waals surface area (Å²) in [7, 11) is 0. The van der Waals surface area contributed by atoms with Crippen LogP contribution in [0.15, 0.2) is 12.1 Å². The lowest BCUT2D eigenvalue weighted by Crippen LogP contribution is -2.21. The summed E-state index contributed by atoms with van der Waals surface area (Å²) in [5, 5.41) is 19.5. The number of nitrogens with two attached hydrogens (primary N) is 1. The Balaban J connectivity index is 3.37. The Morgan fingerprint density at radius 1 is 1.41 bits per heavy atom. The van der Waals surface area contributed by atoms with Crippen molar-refractivity contribution < 1.29 is 15.0 Å². The summed E-state index contributed by atoms with van der Waals surface area (Å²) in [6.07, 6.45) is 0. The highest BCUT2D eigenvalue weighted by atomic mass is 35.5. The number of phenolic OH excluding ortho intramolecular Hbond substituents is 1. The van der Waals surface area contributed by atoms with Crippen molar-refractivity contribution in [2.24, 2.45) is 5.73 Å². The second-order valence-corrected chi connectivity index (χ2v) is 4.65. The topological polar surface area (TPSA) is 83.6 Å². The number of carboxylic acids is 1. The van der Waals surface area contributed by atoms with Gasteiger partial charge in [-0.15, -0.1) is 0 Å². The van der Waals surface area contributed by atoms with Gasteiger partial charge in [0.1, 0.15) is 5.75 Å². The summed E-state index contributed by atoms with van der Waals surface area (Å²) in [6, 6.07) is 3.09. The first-order valence-electron chi connectivity index (χ1n) is 5.33. The molecule has 17 heavy (non-hydrogen) atoms. The zero-order valence-electron chi connectivity index (χ0n) is 9.77. The molecular formula is C12H16ClNO3. The highest BCUT2D eigenvalue weighted by molar-refractivity contribution is 6.30. The lowest BCUT2D eigenvalue weighted by atomic mass is 9.92. The van der Waals surface area contributed by atoms with Crippen LogP contribution in [0.2, 0.25) is 5.02 Å². The Morgan fingerprint density at radius 3 is 2.35 bits per heavy atom. The van der Waals surface area contributed by atoms with Crippen molar-refractivity contribution in [3.63, 3.8) is 0 Å². The van der Waals surface area contributed by atoms with E-state index in [-0.39, 0.29) is 23.8 Å². The molecule has 0 heterocycles. The Labute approximate surface area is 105 Å². The zero-order valence-corrected chi connectivity index (χ0v) is 10.5. The van der Waals surface area contributed by atoms with E-state index in [4.69, 9.17) is 22.4 Å². The molecule has 0 spiro atoms. The first kappa shape index (κ1) is 13.8. The fourth-order valence-corrected chi connectivity index (χ4v) is 1.94. The van der Waals surface area contributed by atoms with E-state index in [1.807, 2.05) is 13.8 Å². The van der Waals surface area contributed by atoms with E-state index in [1.54, 1.807) is 6.07 Å². The van der Waals surface area contributed by atoms with Gasteiger partial charge in [0.25, 0.3) is 0 Å². The number of hydrogen-bond acceptors (Lipinski definition) is 3. The average molecular weight is 258 g/mol. The monoisotopic (exact) mass is 257 g/mol. The van der Waals surface area contributed by atoms with E-state index in [0.717, 1.165) is 0 Å². The third kappa shape index (κ3) is 2.90. The molecule has 0 bridgehead atoms. The maximum atomic E-state index is 11.0. The first-order valence-corrected chi connectivity index (χ1v) is 5.71. The van der Waals surface area contributed by atoms with Gasteiger partial charge in [-0.3, -0.25) is 4.79 Å². The molecule has 0 radical (unpaired) electrons. The van der Waals surface area contributed by atoms with Crippen LogP contribution in [0.4, 0.5) is 0 Å². The molecule has 1 aromatic rings. The van der Waals surface area contributed by atoms with Gasteiger partial charge in [-0.05, 0) is 23.6 Å². The maximum Gasteiger partial charge on any atom is 0.312 e. The van der Waals surface area contributed by atoms with E-state index < -0.39 is 11.9 Å². The summed E-state index contributed by atoms with van der Waals surface area (Å²) in [6.45, 7) is 3.71. The van der Waals surface area contributed by atoms with Gasteiger partial charge in [-0.2, -0.15) is 0 Å². The van der Waals surface area contributed by atoms with Crippen molar-refractivity contribution in [2.45, 2.75) is 25.7 Å². The molecule has 1 atom stereocenters. The van der Waals surface area contributed by atoms with Crippen molar-refractivity contribution in [3.8, 4) is 5.75 Å². The Bertz CT molecular complexity index is 432. The molecule has 0 aliphatic carbocycles. The molecule has 4 nitrogen and oxygen atoms in total. The molecule has 0 saturated carbocycles. The molecule has 0 amide bonds. The van der Waals surface area contributed by atoms with Crippen LogP contribution < -0.4 is 5.73 Å². The van der Waals surface area contributed by atoms with E-state index >= 15 is 0 Å². The summed E-state index contributed by atoms with van der Waals surface area (Å²) in [5.41, 5.74) is 6.32. The minimum atomic E-state index is -1.07. The quantitative estimate of drug-likeness (QED) is 0.773. The Kier molecular flexibility index (Phi) is 4.37. The maximum absolute atomic E-state index is 11.0. The molecule has 1 aromatic carbocycles.